The first kappa shape index (κ1) is 25.0. The maximum absolute atomic E-state index is 12.6. The Hall–Kier alpha value is -4.14. The number of hydrogen-bond acceptors (Lipinski definition) is 11. The van der Waals surface area contributed by atoms with E-state index in [0.717, 1.165) is 16.9 Å². The normalized spacial score (nSPS) is 12.1. The maximum Gasteiger partial charge on any atom is 0.348 e. The molecule has 1 aromatic carbocycles. The van der Waals surface area contributed by atoms with Gasteiger partial charge < -0.3 is 24.3 Å². The van der Waals surface area contributed by atoms with Crippen molar-refractivity contribution in [2.45, 2.75) is 13.8 Å². The van der Waals surface area contributed by atoms with Crippen molar-refractivity contribution in [2.24, 2.45) is 0 Å². The smallest absolute Gasteiger partial charge is 0.348 e. The second kappa shape index (κ2) is 11.1. The van der Waals surface area contributed by atoms with Crippen molar-refractivity contribution in [1.29, 1.82) is 5.26 Å². The zero-order valence-electron chi connectivity index (χ0n) is 19.5. The van der Waals surface area contributed by atoms with Crippen LogP contribution < -0.4 is 14.8 Å². The van der Waals surface area contributed by atoms with Crippen molar-refractivity contribution < 1.29 is 28.5 Å². The summed E-state index contributed by atoms with van der Waals surface area (Å²) in [6.45, 7) is 7.26. The molecule has 0 saturated carbocycles. The average molecular weight is 524 g/mol. The van der Waals surface area contributed by atoms with Crippen LogP contribution in [-0.4, -0.2) is 36.9 Å². The quantitative estimate of drug-likeness (QED) is 0.223. The third-order valence-electron chi connectivity index (χ3n) is 5.01. The summed E-state index contributed by atoms with van der Waals surface area (Å²) >= 11 is 2.34. The minimum atomic E-state index is -0.581. The van der Waals surface area contributed by atoms with Crippen LogP contribution in [0.1, 0.15) is 37.5 Å². The first-order valence-electron chi connectivity index (χ1n) is 10.8. The molecule has 0 aliphatic carbocycles. The first-order chi connectivity index (χ1) is 17.5. The lowest BCUT2D eigenvalue weighted by Crippen LogP contribution is -2.09. The fourth-order valence-corrected chi connectivity index (χ4v) is 5.18. The van der Waals surface area contributed by atoms with E-state index >= 15 is 0 Å². The Morgan fingerprint density at radius 1 is 1.28 bits per heavy atom. The molecule has 0 fully saturated rings. The Balaban J connectivity index is 1.62. The van der Waals surface area contributed by atoms with E-state index in [-0.39, 0.29) is 36.0 Å². The molecule has 11 heteroatoms. The number of allylic oxidation sites excluding steroid dienone is 1. The Morgan fingerprint density at radius 2 is 2.08 bits per heavy atom. The Kier molecular flexibility index (Phi) is 7.68. The number of nitriles is 1. The average Bonchev–Trinajstić information content (AvgIpc) is 3.61. The summed E-state index contributed by atoms with van der Waals surface area (Å²) in [5.74, 6) is 0.158. The van der Waals surface area contributed by atoms with Crippen LogP contribution in [0.2, 0.25) is 0 Å². The van der Waals surface area contributed by atoms with Crippen molar-refractivity contribution in [1.82, 2.24) is 4.98 Å². The number of anilines is 1. The van der Waals surface area contributed by atoms with Crippen LogP contribution in [0.4, 0.5) is 5.00 Å². The number of nitrogens with zero attached hydrogens (tertiary/aromatic N) is 2. The summed E-state index contributed by atoms with van der Waals surface area (Å²) in [5.41, 5.74) is 2.40. The number of carbonyl (C=O) groups is 2. The number of rotatable bonds is 9. The van der Waals surface area contributed by atoms with Gasteiger partial charge in [-0.15, -0.1) is 22.7 Å². The number of esters is 2. The molecule has 1 N–H and O–H groups in total. The molecule has 3 heterocycles. The Morgan fingerprint density at radius 3 is 2.83 bits per heavy atom. The number of ether oxygens (including phenoxy) is 4. The van der Waals surface area contributed by atoms with Gasteiger partial charge in [-0.3, -0.25) is 0 Å². The van der Waals surface area contributed by atoms with Crippen molar-refractivity contribution in [3.63, 3.8) is 0 Å². The third kappa shape index (κ3) is 5.10. The second-order valence-electron chi connectivity index (χ2n) is 7.29. The van der Waals surface area contributed by atoms with Gasteiger partial charge in [0.1, 0.15) is 33.1 Å². The molecule has 184 valence electrons. The first-order valence-corrected chi connectivity index (χ1v) is 12.5. The molecule has 0 atom stereocenters. The highest BCUT2D eigenvalue weighted by molar-refractivity contribution is 7.18. The molecule has 3 aromatic rings. The van der Waals surface area contributed by atoms with Crippen LogP contribution in [0.15, 0.2) is 42.4 Å². The van der Waals surface area contributed by atoms with E-state index in [1.165, 1.54) is 23.6 Å². The van der Waals surface area contributed by atoms with Crippen LogP contribution in [0, 0.1) is 18.3 Å². The zero-order chi connectivity index (χ0) is 25.7. The molecule has 2 aromatic heterocycles. The van der Waals surface area contributed by atoms with Gasteiger partial charge in [0, 0.05) is 17.1 Å². The Labute approximate surface area is 215 Å². The number of aromatic nitrogens is 1. The van der Waals surface area contributed by atoms with Crippen LogP contribution in [0.5, 0.6) is 11.5 Å². The fourth-order valence-electron chi connectivity index (χ4n) is 3.32. The summed E-state index contributed by atoms with van der Waals surface area (Å²) in [6.07, 6.45) is 2.91. The van der Waals surface area contributed by atoms with Gasteiger partial charge in [0.05, 0.1) is 17.9 Å². The lowest BCUT2D eigenvalue weighted by molar-refractivity contribution is 0.0527. The molecule has 0 saturated heterocycles. The standard InChI is InChI=1S/C25H21N3O6S2/c1-4-8-32-25(30)21-14(3)20(24(29)31-5-2)23(36-21)27-11-16(10-26)22-28-17(12-35-22)15-6-7-18-19(9-15)34-13-33-18/h4,6-7,9,11-12,27H,1,5,8,13H2,2-3H3. The van der Waals surface area contributed by atoms with E-state index in [4.69, 9.17) is 18.9 Å². The van der Waals surface area contributed by atoms with Gasteiger partial charge in [-0.05, 0) is 37.6 Å². The molecule has 4 rings (SSSR count). The second-order valence-corrected chi connectivity index (χ2v) is 9.17. The van der Waals surface area contributed by atoms with E-state index in [0.29, 0.717) is 32.8 Å². The lowest BCUT2D eigenvalue weighted by atomic mass is 10.1. The third-order valence-corrected chi connectivity index (χ3v) is 7.09. The van der Waals surface area contributed by atoms with Gasteiger partial charge in [-0.1, -0.05) is 12.7 Å². The van der Waals surface area contributed by atoms with Gasteiger partial charge >= 0.3 is 11.9 Å². The van der Waals surface area contributed by atoms with Crippen LogP contribution in [0.3, 0.4) is 0 Å². The van der Waals surface area contributed by atoms with Crippen molar-refractivity contribution >= 4 is 45.2 Å². The minimum absolute atomic E-state index is 0.0436. The molecule has 9 nitrogen and oxygen atoms in total. The molecule has 1 aliphatic heterocycles. The fraction of sp³-hybridized carbons (Fsp3) is 0.200. The highest BCUT2D eigenvalue weighted by Crippen LogP contribution is 2.37. The molecular formula is C25H21N3O6S2. The number of carbonyl (C=O) groups excluding carboxylic acids is 2. The molecule has 36 heavy (non-hydrogen) atoms. The van der Waals surface area contributed by atoms with E-state index in [9.17, 15) is 14.9 Å². The predicted octanol–water partition coefficient (Wildman–Crippen LogP) is 5.40. The lowest BCUT2D eigenvalue weighted by Gasteiger charge is -2.05. The van der Waals surface area contributed by atoms with Crippen molar-refractivity contribution in [2.75, 3.05) is 25.3 Å². The molecule has 0 amide bonds. The highest BCUT2D eigenvalue weighted by atomic mass is 32.1. The molecule has 1 aliphatic rings. The maximum atomic E-state index is 12.6. The predicted molar refractivity (Wildman–Crippen MR) is 136 cm³/mol. The number of benzene rings is 1. The van der Waals surface area contributed by atoms with E-state index in [1.807, 2.05) is 23.6 Å². The molecular weight excluding hydrogens is 502 g/mol. The highest BCUT2D eigenvalue weighted by Gasteiger charge is 2.26. The molecule has 0 unspecified atom stereocenters. The minimum Gasteiger partial charge on any atom is -0.462 e. The van der Waals surface area contributed by atoms with E-state index < -0.39 is 11.9 Å². The van der Waals surface area contributed by atoms with Gasteiger partial charge in [-0.25, -0.2) is 14.6 Å². The number of nitrogens with one attached hydrogen (secondary N) is 1. The summed E-state index contributed by atoms with van der Waals surface area (Å²) < 4.78 is 21.1. The van der Waals surface area contributed by atoms with Gasteiger partial charge in [0.15, 0.2) is 11.5 Å². The monoisotopic (exact) mass is 523 g/mol. The van der Waals surface area contributed by atoms with Gasteiger partial charge in [-0.2, -0.15) is 5.26 Å². The van der Waals surface area contributed by atoms with Crippen LogP contribution in [0.25, 0.3) is 16.8 Å². The summed E-state index contributed by atoms with van der Waals surface area (Å²) in [7, 11) is 0. The van der Waals surface area contributed by atoms with Gasteiger partial charge in [0.25, 0.3) is 0 Å². The van der Waals surface area contributed by atoms with Crippen molar-refractivity contribution in [3.8, 4) is 28.8 Å². The Bertz CT molecular complexity index is 1400. The molecule has 0 bridgehead atoms. The van der Waals surface area contributed by atoms with Crippen LogP contribution >= 0.6 is 22.7 Å². The topological polar surface area (TPSA) is 120 Å². The zero-order valence-corrected chi connectivity index (χ0v) is 21.1. The molecule has 0 radical (unpaired) electrons. The number of thiazole rings is 1. The van der Waals surface area contributed by atoms with Gasteiger partial charge in [0.2, 0.25) is 6.79 Å². The SMILES string of the molecule is C=CCOC(=O)c1sc(NC=C(C#N)c2nc(-c3ccc4c(c3)OCO4)cs2)c(C(=O)OCC)c1C. The summed E-state index contributed by atoms with van der Waals surface area (Å²) in [4.78, 5) is 29.9. The van der Waals surface area contributed by atoms with E-state index in [1.54, 1.807) is 13.8 Å². The number of fused-ring (bicyclic) bond motifs is 1. The van der Waals surface area contributed by atoms with Crippen LogP contribution in [-0.2, 0) is 9.47 Å². The van der Waals surface area contributed by atoms with E-state index in [2.05, 4.69) is 22.9 Å². The number of thiophene rings is 1. The molecule has 0 spiro atoms. The summed E-state index contributed by atoms with van der Waals surface area (Å²) in [6, 6.07) is 7.64. The largest absolute Gasteiger partial charge is 0.462 e. The summed E-state index contributed by atoms with van der Waals surface area (Å²) in [5, 5.41) is 15.4. The number of hydrogen-bond donors (Lipinski definition) is 1. The van der Waals surface area contributed by atoms with Crippen molar-refractivity contribution in [3.05, 3.63) is 63.4 Å².